The smallest absolute Gasteiger partial charge is 0.125 e. The normalized spacial score (nSPS) is 25.3. The van der Waals surface area contributed by atoms with E-state index in [0.29, 0.717) is 5.92 Å². The highest BCUT2D eigenvalue weighted by Crippen LogP contribution is 2.26. The highest BCUT2D eigenvalue weighted by Gasteiger charge is 2.22. The third kappa shape index (κ3) is 2.05. The van der Waals surface area contributed by atoms with E-state index in [2.05, 4.69) is 22.2 Å². The Hall–Kier alpha value is -1.42. The van der Waals surface area contributed by atoms with Crippen LogP contribution in [0.15, 0.2) is 18.2 Å². The molecule has 0 radical (unpaired) electrons. The predicted molar refractivity (Wildman–Crippen MR) is 65.2 cm³/mol. The zero-order chi connectivity index (χ0) is 11.8. The highest BCUT2D eigenvalue weighted by atomic mass is 19.1. The van der Waals surface area contributed by atoms with Crippen molar-refractivity contribution in [3.63, 3.8) is 0 Å². The Labute approximate surface area is 99.4 Å². The Morgan fingerprint density at radius 2 is 2.29 bits per heavy atom. The first-order valence-electron chi connectivity index (χ1n) is 6.11. The predicted octanol–water partition coefficient (Wildman–Crippen LogP) is 2.76. The number of imidazole rings is 1. The molecular weight excluding hydrogens is 217 g/mol. The topological polar surface area (TPSA) is 40.7 Å². The van der Waals surface area contributed by atoms with Gasteiger partial charge in [-0.15, -0.1) is 0 Å². The van der Waals surface area contributed by atoms with Crippen LogP contribution in [0.1, 0.15) is 31.6 Å². The van der Waals surface area contributed by atoms with Crippen LogP contribution in [0.2, 0.25) is 0 Å². The highest BCUT2D eigenvalue weighted by molar-refractivity contribution is 5.75. The fraction of sp³-hybridized carbons (Fsp3) is 0.462. The molecule has 4 heteroatoms. The van der Waals surface area contributed by atoms with Crippen LogP contribution in [-0.4, -0.2) is 16.5 Å². The minimum atomic E-state index is -0.224. The number of aromatic nitrogens is 2. The molecule has 2 unspecified atom stereocenters. The van der Waals surface area contributed by atoms with Crippen LogP contribution in [0.3, 0.4) is 0 Å². The summed E-state index contributed by atoms with van der Waals surface area (Å²) < 4.78 is 13.1. The molecule has 2 N–H and O–H groups in total. The Bertz CT molecular complexity index is 534. The standard InChI is InChI=1S/C13H16FN3/c1-8-4-5-15-12(6-8)13-16-10-3-2-9(14)7-11(10)17-13/h2-3,7-8,12,15H,4-6H2,1H3,(H,16,17). The van der Waals surface area contributed by atoms with E-state index < -0.39 is 0 Å². The number of hydrogen-bond acceptors (Lipinski definition) is 2. The second-order valence-electron chi connectivity index (χ2n) is 4.92. The summed E-state index contributed by atoms with van der Waals surface area (Å²) in [7, 11) is 0. The zero-order valence-corrected chi connectivity index (χ0v) is 9.83. The molecule has 2 heterocycles. The molecule has 1 aromatic carbocycles. The lowest BCUT2D eigenvalue weighted by Gasteiger charge is -2.26. The van der Waals surface area contributed by atoms with Gasteiger partial charge >= 0.3 is 0 Å². The molecule has 1 aliphatic rings. The average Bonchev–Trinajstić information content (AvgIpc) is 2.72. The summed E-state index contributed by atoms with van der Waals surface area (Å²) in [6, 6.07) is 4.94. The molecule has 2 aromatic rings. The molecule has 2 atom stereocenters. The van der Waals surface area contributed by atoms with E-state index in [0.717, 1.165) is 29.8 Å². The molecule has 1 fully saturated rings. The SMILES string of the molecule is CC1CCNC(c2nc3ccc(F)cc3[nH]2)C1. The maximum absolute atomic E-state index is 13.1. The molecule has 0 saturated carbocycles. The second kappa shape index (κ2) is 4.11. The molecule has 90 valence electrons. The number of benzene rings is 1. The number of H-pyrrole nitrogens is 1. The Morgan fingerprint density at radius 3 is 3.12 bits per heavy atom. The molecule has 0 spiro atoms. The van der Waals surface area contributed by atoms with Crippen molar-refractivity contribution in [1.29, 1.82) is 0 Å². The van der Waals surface area contributed by atoms with E-state index in [1.54, 1.807) is 6.07 Å². The molecule has 0 bridgehead atoms. The monoisotopic (exact) mass is 233 g/mol. The van der Waals surface area contributed by atoms with E-state index in [-0.39, 0.29) is 11.9 Å². The van der Waals surface area contributed by atoms with Gasteiger partial charge in [0.2, 0.25) is 0 Å². The number of halogens is 1. The van der Waals surface area contributed by atoms with Gasteiger partial charge in [-0.25, -0.2) is 9.37 Å². The van der Waals surface area contributed by atoms with E-state index >= 15 is 0 Å². The Balaban J connectivity index is 1.94. The lowest BCUT2D eigenvalue weighted by molar-refractivity contribution is 0.317. The van der Waals surface area contributed by atoms with E-state index in [4.69, 9.17) is 0 Å². The summed E-state index contributed by atoms with van der Waals surface area (Å²) in [5.41, 5.74) is 1.61. The van der Waals surface area contributed by atoms with Crippen molar-refractivity contribution < 1.29 is 4.39 Å². The van der Waals surface area contributed by atoms with Gasteiger partial charge in [0.1, 0.15) is 11.6 Å². The third-order valence-corrected chi connectivity index (χ3v) is 3.46. The van der Waals surface area contributed by atoms with Crippen LogP contribution in [0.5, 0.6) is 0 Å². The van der Waals surface area contributed by atoms with Gasteiger partial charge < -0.3 is 10.3 Å². The van der Waals surface area contributed by atoms with Crippen molar-refractivity contribution >= 4 is 11.0 Å². The molecule has 1 aliphatic heterocycles. The number of aromatic amines is 1. The summed E-state index contributed by atoms with van der Waals surface area (Å²) >= 11 is 0. The van der Waals surface area contributed by atoms with Crippen molar-refractivity contribution in [1.82, 2.24) is 15.3 Å². The molecule has 17 heavy (non-hydrogen) atoms. The van der Waals surface area contributed by atoms with E-state index in [1.165, 1.54) is 18.6 Å². The van der Waals surface area contributed by atoms with Gasteiger partial charge in [-0.05, 0) is 43.5 Å². The van der Waals surface area contributed by atoms with Crippen LogP contribution in [0.4, 0.5) is 4.39 Å². The van der Waals surface area contributed by atoms with Gasteiger partial charge in [0.25, 0.3) is 0 Å². The molecular formula is C13H16FN3. The van der Waals surface area contributed by atoms with Crippen LogP contribution < -0.4 is 5.32 Å². The van der Waals surface area contributed by atoms with Gasteiger partial charge in [0.05, 0.1) is 17.1 Å². The molecule has 1 saturated heterocycles. The maximum atomic E-state index is 13.1. The first kappa shape index (κ1) is 10.7. The number of piperidine rings is 1. The molecule has 0 aliphatic carbocycles. The Kier molecular flexibility index (Phi) is 2.59. The quantitative estimate of drug-likeness (QED) is 0.795. The lowest BCUT2D eigenvalue weighted by Crippen LogP contribution is -2.31. The number of hydrogen-bond donors (Lipinski definition) is 2. The molecule has 1 aromatic heterocycles. The van der Waals surface area contributed by atoms with Crippen molar-refractivity contribution in [3.8, 4) is 0 Å². The largest absolute Gasteiger partial charge is 0.341 e. The van der Waals surface area contributed by atoms with Crippen LogP contribution >= 0.6 is 0 Å². The van der Waals surface area contributed by atoms with Gasteiger partial charge in [0.15, 0.2) is 0 Å². The van der Waals surface area contributed by atoms with Gasteiger partial charge in [0, 0.05) is 0 Å². The first-order valence-corrected chi connectivity index (χ1v) is 6.11. The summed E-state index contributed by atoms with van der Waals surface area (Å²) in [6.45, 7) is 3.29. The number of rotatable bonds is 1. The van der Waals surface area contributed by atoms with Gasteiger partial charge in [-0.3, -0.25) is 0 Å². The summed E-state index contributed by atoms with van der Waals surface area (Å²) in [6.07, 6.45) is 2.30. The van der Waals surface area contributed by atoms with Crippen molar-refractivity contribution in [2.75, 3.05) is 6.54 Å². The molecule has 0 amide bonds. The minimum absolute atomic E-state index is 0.224. The number of fused-ring (bicyclic) bond motifs is 1. The van der Waals surface area contributed by atoms with Gasteiger partial charge in [-0.1, -0.05) is 6.92 Å². The number of nitrogens with one attached hydrogen (secondary N) is 2. The Morgan fingerprint density at radius 1 is 1.41 bits per heavy atom. The zero-order valence-electron chi connectivity index (χ0n) is 9.83. The van der Waals surface area contributed by atoms with Crippen molar-refractivity contribution in [2.45, 2.75) is 25.8 Å². The maximum Gasteiger partial charge on any atom is 0.125 e. The summed E-state index contributed by atoms with van der Waals surface area (Å²) in [5.74, 6) is 1.42. The van der Waals surface area contributed by atoms with Crippen molar-refractivity contribution in [2.24, 2.45) is 5.92 Å². The summed E-state index contributed by atoms with van der Waals surface area (Å²) in [4.78, 5) is 7.74. The van der Waals surface area contributed by atoms with E-state index in [1.807, 2.05) is 0 Å². The molecule has 3 nitrogen and oxygen atoms in total. The minimum Gasteiger partial charge on any atom is -0.341 e. The van der Waals surface area contributed by atoms with E-state index in [9.17, 15) is 4.39 Å². The van der Waals surface area contributed by atoms with Crippen LogP contribution in [-0.2, 0) is 0 Å². The van der Waals surface area contributed by atoms with Crippen LogP contribution in [0.25, 0.3) is 11.0 Å². The first-order chi connectivity index (χ1) is 8.22. The fourth-order valence-electron chi connectivity index (χ4n) is 2.48. The van der Waals surface area contributed by atoms with Crippen LogP contribution in [0, 0.1) is 11.7 Å². The van der Waals surface area contributed by atoms with Crippen molar-refractivity contribution in [3.05, 3.63) is 29.8 Å². The third-order valence-electron chi connectivity index (χ3n) is 3.46. The van der Waals surface area contributed by atoms with Gasteiger partial charge in [-0.2, -0.15) is 0 Å². The average molecular weight is 233 g/mol. The number of nitrogens with zero attached hydrogens (tertiary/aromatic N) is 1. The lowest BCUT2D eigenvalue weighted by atomic mass is 9.94. The fourth-order valence-corrected chi connectivity index (χ4v) is 2.48. The second-order valence-corrected chi connectivity index (χ2v) is 4.92. The summed E-state index contributed by atoms with van der Waals surface area (Å²) in [5, 5.41) is 3.45. The molecule has 3 rings (SSSR count).